The Labute approximate surface area is 134 Å². The van der Waals surface area contributed by atoms with Crippen LogP contribution in [-0.2, 0) is 25.6 Å². The van der Waals surface area contributed by atoms with Crippen molar-refractivity contribution >= 4 is 23.9 Å². The molecule has 0 saturated carbocycles. The van der Waals surface area contributed by atoms with Crippen LogP contribution in [0.15, 0.2) is 29.4 Å². The van der Waals surface area contributed by atoms with Crippen molar-refractivity contribution in [3.8, 4) is 0 Å². The van der Waals surface area contributed by atoms with Gasteiger partial charge in [0.1, 0.15) is 19.4 Å². The van der Waals surface area contributed by atoms with Crippen molar-refractivity contribution in [1.82, 2.24) is 5.32 Å². The first-order chi connectivity index (χ1) is 11.0. The molecule has 0 radical (unpaired) electrons. The quantitative estimate of drug-likeness (QED) is 0.335. The molecule has 124 valence electrons. The van der Waals surface area contributed by atoms with E-state index < -0.39 is 17.9 Å². The van der Waals surface area contributed by atoms with E-state index in [1.165, 1.54) is 21.1 Å². The number of hydrogen-bond donors (Lipinski definition) is 1. The van der Waals surface area contributed by atoms with Gasteiger partial charge < -0.3 is 14.9 Å². The fraction of sp³-hybridized carbons (Fsp3) is 0.375. The molecule has 0 unspecified atom stereocenters. The van der Waals surface area contributed by atoms with Crippen molar-refractivity contribution in [2.75, 3.05) is 14.2 Å². The van der Waals surface area contributed by atoms with E-state index in [1.807, 2.05) is 6.07 Å². The van der Waals surface area contributed by atoms with Crippen molar-refractivity contribution < 1.29 is 24.0 Å². The van der Waals surface area contributed by atoms with Gasteiger partial charge in [-0.25, -0.2) is 4.79 Å². The first kappa shape index (κ1) is 18.3. The molecule has 7 nitrogen and oxygen atoms in total. The average Bonchev–Trinajstić information content (AvgIpc) is 2.56. The molecular formula is C16H20N2O5. The van der Waals surface area contributed by atoms with E-state index in [1.54, 1.807) is 18.2 Å². The molecule has 0 bridgehead atoms. The van der Waals surface area contributed by atoms with Gasteiger partial charge >= 0.3 is 5.97 Å². The fourth-order valence-corrected chi connectivity index (χ4v) is 1.96. The van der Waals surface area contributed by atoms with Crippen molar-refractivity contribution in [3.63, 3.8) is 0 Å². The van der Waals surface area contributed by atoms with Crippen LogP contribution in [0.25, 0.3) is 0 Å². The summed E-state index contributed by atoms with van der Waals surface area (Å²) in [7, 11) is 2.56. The van der Waals surface area contributed by atoms with E-state index in [4.69, 9.17) is 0 Å². The molecule has 0 aliphatic rings. The van der Waals surface area contributed by atoms with E-state index >= 15 is 0 Å². The standard InChI is InChI=1S/C16H20N2O5/c1-11(19)13-6-4-5-12(9-13)7-8-14(16(21)22-2)18-15(20)10-17-23-3/h4-6,9-10,14H,7-8H2,1-3H3,(H,18,20)/b17-10+/t14-/m0/s1. The molecule has 1 aromatic rings. The lowest BCUT2D eigenvalue weighted by molar-refractivity contribution is -0.144. The van der Waals surface area contributed by atoms with Crippen LogP contribution in [0.4, 0.5) is 0 Å². The number of esters is 1. The van der Waals surface area contributed by atoms with Crippen molar-refractivity contribution in [2.24, 2.45) is 5.16 Å². The Bertz CT molecular complexity index is 598. The molecule has 0 spiro atoms. The molecule has 1 atom stereocenters. The van der Waals surface area contributed by atoms with Crippen molar-refractivity contribution in [3.05, 3.63) is 35.4 Å². The van der Waals surface area contributed by atoms with Gasteiger partial charge in [0.05, 0.1) is 7.11 Å². The monoisotopic (exact) mass is 320 g/mol. The fourth-order valence-electron chi connectivity index (χ4n) is 1.96. The Balaban J connectivity index is 2.72. The summed E-state index contributed by atoms with van der Waals surface area (Å²) in [4.78, 5) is 39.1. The number of carbonyl (C=O) groups excluding carboxylic acids is 3. The van der Waals surface area contributed by atoms with E-state index in [-0.39, 0.29) is 5.78 Å². The molecule has 0 saturated heterocycles. The number of aryl methyl sites for hydroxylation is 1. The molecule has 1 N–H and O–H groups in total. The van der Waals surface area contributed by atoms with Crippen LogP contribution >= 0.6 is 0 Å². The van der Waals surface area contributed by atoms with Crippen LogP contribution < -0.4 is 5.32 Å². The highest BCUT2D eigenvalue weighted by Gasteiger charge is 2.20. The molecule has 1 rings (SSSR count). The van der Waals surface area contributed by atoms with Crippen LogP contribution in [0, 0.1) is 0 Å². The Kier molecular flexibility index (Phi) is 7.45. The lowest BCUT2D eigenvalue weighted by Crippen LogP contribution is -2.42. The van der Waals surface area contributed by atoms with Crippen LogP contribution in [0.3, 0.4) is 0 Å². The highest BCUT2D eigenvalue weighted by Crippen LogP contribution is 2.10. The summed E-state index contributed by atoms with van der Waals surface area (Å²) in [5, 5.41) is 5.83. The minimum atomic E-state index is -0.809. The lowest BCUT2D eigenvalue weighted by atomic mass is 10.0. The number of rotatable bonds is 8. The van der Waals surface area contributed by atoms with Gasteiger partial charge in [-0.15, -0.1) is 0 Å². The zero-order valence-electron chi connectivity index (χ0n) is 13.4. The van der Waals surface area contributed by atoms with Gasteiger partial charge in [-0.1, -0.05) is 23.4 Å². The molecule has 0 aliphatic carbocycles. The number of nitrogens with one attached hydrogen (secondary N) is 1. The predicted molar refractivity (Wildman–Crippen MR) is 84.2 cm³/mol. The summed E-state index contributed by atoms with van der Waals surface area (Å²) < 4.78 is 4.68. The third-order valence-electron chi connectivity index (χ3n) is 3.13. The summed E-state index contributed by atoms with van der Waals surface area (Å²) in [5.41, 5.74) is 1.50. The number of ketones is 1. The van der Waals surface area contributed by atoms with Gasteiger partial charge in [-0.05, 0) is 31.4 Å². The van der Waals surface area contributed by atoms with Gasteiger partial charge in [0.25, 0.3) is 5.91 Å². The van der Waals surface area contributed by atoms with Crippen LogP contribution in [0.1, 0.15) is 29.3 Å². The second kappa shape index (κ2) is 9.34. The number of ether oxygens (including phenoxy) is 1. The Hall–Kier alpha value is -2.70. The second-order valence-corrected chi connectivity index (χ2v) is 4.80. The Morgan fingerprint density at radius 1 is 1.30 bits per heavy atom. The first-order valence-corrected chi connectivity index (χ1v) is 7.02. The molecular weight excluding hydrogens is 300 g/mol. The summed E-state index contributed by atoms with van der Waals surface area (Å²) in [6.45, 7) is 1.49. The third kappa shape index (κ3) is 6.29. The van der Waals surface area contributed by atoms with Crippen molar-refractivity contribution in [1.29, 1.82) is 0 Å². The first-order valence-electron chi connectivity index (χ1n) is 7.02. The van der Waals surface area contributed by atoms with Gasteiger partial charge in [0.15, 0.2) is 5.78 Å². The highest BCUT2D eigenvalue weighted by molar-refractivity contribution is 6.26. The number of oxime groups is 1. The van der Waals surface area contributed by atoms with Crippen LogP contribution in [0.5, 0.6) is 0 Å². The number of methoxy groups -OCH3 is 1. The summed E-state index contributed by atoms with van der Waals surface area (Å²) in [6, 6.07) is 6.33. The minimum absolute atomic E-state index is 0.0274. The zero-order chi connectivity index (χ0) is 17.2. The van der Waals surface area contributed by atoms with Gasteiger partial charge in [0, 0.05) is 5.56 Å². The number of amides is 1. The minimum Gasteiger partial charge on any atom is -0.467 e. The Morgan fingerprint density at radius 3 is 2.65 bits per heavy atom. The van der Waals surface area contributed by atoms with E-state index in [9.17, 15) is 14.4 Å². The molecule has 0 heterocycles. The number of carbonyl (C=O) groups is 3. The summed E-state index contributed by atoms with van der Waals surface area (Å²) in [5.74, 6) is -1.13. The molecule has 0 fully saturated rings. The topological polar surface area (TPSA) is 94.1 Å². The summed E-state index contributed by atoms with van der Waals surface area (Å²) in [6.07, 6.45) is 1.77. The molecule has 0 aromatic heterocycles. The average molecular weight is 320 g/mol. The molecule has 1 amide bonds. The molecule has 23 heavy (non-hydrogen) atoms. The molecule has 7 heteroatoms. The SMILES string of the molecule is CO/N=C/C(=O)N[C@@H](CCc1cccc(C(C)=O)c1)C(=O)OC. The molecule has 0 aliphatic heterocycles. The molecule has 1 aromatic carbocycles. The number of Topliss-reactive ketones (excluding diaryl/α,β-unsaturated/α-hetero) is 1. The number of nitrogens with zero attached hydrogens (tertiary/aromatic N) is 1. The van der Waals surface area contributed by atoms with E-state index in [2.05, 4.69) is 20.0 Å². The normalized spacial score (nSPS) is 11.8. The van der Waals surface area contributed by atoms with Gasteiger partial charge in [-0.2, -0.15) is 0 Å². The Morgan fingerprint density at radius 2 is 2.04 bits per heavy atom. The van der Waals surface area contributed by atoms with Gasteiger partial charge in [-0.3, -0.25) is 9.59 Å². The third-order valence-corrected chi connectivity index (χ3v) is 3.13. The predicted octanol–water partition coefficient (Wildman–Crippen LogP) is 1.11. The second-order valence-electron chi connectivity index (χ2n) is 4.80. The van der Waals surface area contributed by atoms with Crippen LogP contribution in [-0.4, -0.2) is 44.1 Å². The largest absolute Gasteiger partial charge is 0.467 e. The zero-order valence-corrected chi connectivity index (χ0v) is 13.4. The maximum absolute atomic E-state index is 11.8. The van der Waals surface area contributed by atoms with E-state index in [0.29, 0.717) is 18.4 Å². The summed E-state index contributed by atoms with van der Waals surface area (Å²) >= 11 is 0. The smallest absolute Gasteiger partial charge is 0.328 e. The maximum Gasteiger partial charge on any atom is 0.328 e. The maximum atomic E-state index is 11.8. The van der Waals surface area contributed by atoms with Crippen molar-refractivity contribution in [2.45, 2.75) is 25.8 Å². The lowest BCUT2D eigenvalue weighted by Gasteiger charge is -2.15. The van der Waals surface area contributed by atoms with Crippen LogP contribution in [0.2, 0.25) is 0 Å². The van der Waals surface area contributed by atoms with E-state index in [0.717, 1.165) is 11.8 Å². The number of hydrogen-bond acceptors (Lipinski definition) is 6. The highest BCUT2D eigenvalue weighted by atomic mass is 16.6. The number of benzene rings is 1. The van der Waals surface area contributed by atoms with Gasteiger partial charge in [0.2, 0.25) is 0 Å².